The van der Waals surface area contributed by atoms with Crippen LogP contribution in [0, 0.1) is 0 Å². The Bertz CT molecular complexity index is 24.0. The van der Waals surface area contributed by atoms with Crippen LogP contribution in [0.5, 0.6) is 0 Å². The monoisotopic (exact) mass is 119 g/mol. The van der Waals surface area contributed by atoms with Gasteiger partial charge < -0.3 is 10.0 Å². The lowest BCUT2D eigenvalue weighted by atomic mass is 10.5. The van der Waals surface area contributed by atoms with Crippen LogP contribution < -0.4 is 0 Å². The molecule has 2 nitrogen and oxygen atoms in total. The molecule has 0 aliphatic carbocycles. The van der Waals surface area contributed by atoms with E-state index in [2.05, 4.69) is 0 Å². The minimum Gasteiger partial charge on any atom is -0.394 e. The standard InChI is InChI=1S/C3H9N.C3H8O/c1-4(2)3;1-3(2)4/h1-3H3;3-4H,1-2H3. The van der Waals surface area contributed by atoms with Crippen molar-refractivity contribution in [3.8, 4) is 0 Å². The fraction of sp³-hybridized carbons (Fsp3) is 1.00. The normalized spacial score (nSPS) is 9.00. The molecule has 0 aromatic rings. The summed E-state index contributed by atoms with van der Waals surface area (Å²) in [4.78, 5) is 2.00. The third-order valence-electron chi connectivity index (χ3n) is 0. The summed E-state index contributed by atoms with van der Waals surface area (Å²) >= 11 is 0. The zero-order valence-corrected chi connectivity index (χ0v) is 6.47. The van der Waals surface area contributed by atoms with E-state index < -0.39 is 0 Å². The second-order valence-electron chi connectivity index (χ2n) is 2.44. The van der Waals surface area contributed by atoms with Gasteiger partial charge in [-0.15, -0.1) is 0 Å². The van der Waals surface area contributed by atoms with Crippen LogP contribution in [-0.2, 0) is 0 Å². The van der Waals surface area contributed by atoms with Crippen molar-refractivity contribution < 1.29 is 5.11 Å². The maximum Gasteiger partial charge on any atom is 0.0483 e. The molecule has 0 heterocycles. The molecule has 0 aromatic heterocycles. The first-order valence-electron chi connectivity index (χ1n) is 2.75. The molecule has 52 valence electrons. The zero-order valence-electron chi connectivity index (χ0n) is 6.47. The van der Waals surface area contributed by atoms with E-state index in [1.807, 2.05) is 26.0 Å². The first-order chi connectivity index (χ1) is 3.46. The average molecular weight is 119 g/mol. The summed E-state index contributed by atoms with van der Waals surface area (Å²) < 4.78 is 0. The van der Waals surface area contributed by atoms with Crippen molar-refractivity contribution in [3.05, 3.63) is 0 Å². The van der Waals surface area contributed by atoms with E-state index in [9.17, 15) is 0 Å². The van der Waals surface area contributed by atoms with Crippen LogP contribution in [0.1, 0.15) is 13.8 Å². The lowest BCUT2D eigenvalue weighted by Gasteiger charge is -1.90. The molecular formula is C6H17NO. The van der Waals surface area contributed by atoms with E-state index in [0.717, 1.165) is 0 Å². The molecule has 2 heteroatoms. The predicted molar refractivity (Wildman–Crippen MR) is 37.0 cm³/mol. The summed E-state index contributed by atoms with van der Waals surface area (Å²) in [7, 11) is 6.00. The van der Waals surface area contributed by atoms with E-state index >= 15 is 0 Å². The van der Waals surface area contributed by atoms with Gasteiger partial charge in [-0.25, -0.2) is 0 Å². The van der Waals surface area contributed by atoms with Gasteiger partial charge in [0.25, 0.3) is 0 Å². The summed E-state index contributed by atoms with van der Waals surface area (Å²) in [5.41, 5.74) is 0. The highest BCUT2D eigenvalue weighted by Gasteiger charge is 1.69. The highest BCUT2D eigenvalue weighted by Crippen LogP contribution is 1.65. The minimum absolute atomic E-state index is 0.167. The molecular weight excluding hydrogens is 102 g/mol. The quantitative estimate of drug-likeness (QED) is 0.504. The van der Waals surface area contributed by atoms with Crippen molar-refractivity contribution in [1.29, 1.82) is 0 Å². The van der Waals surface area contributed by atoms with E-state index in [1.165, 1.54) is 0 Å². The van der Waals surface area contributed by atoms with Crippen molar-refractivity contribution in [1.82, 2.24) is 4.90 Å². The van der Waals surface area contributed by atoms with E-state index in [0.29, 0.717) is 0 Å². The first kappa shape index (κ1) is 10.8. The third kappa shape index (κ3) is 22400. The second kappa shape index (κ2) is 6.92. The largest absolute Gasteiger partial charge is 0.394 e. The summed E-state index contributed by atoms with van der Waals surface area (Å²) in [6.45, 7) is 3.44. The smallest absolute Gasteiger partial charge is 0.0483 e. The number of hydrogen-bond donors (Lipinski definition) is 1. The molecule has 0 radical (unpaired) electrons. The SMILES string of the molecule is CC(C)O.CN(C)C. The molecule has 0 amide bonds. The van der Waals surface area contributed by atoms with Crippen molar-refractivity contribution in [2.75, 3.05) is 21.1 Å². The van der Waals surface area contributed by atoms with Crippen molar-refractivity contribution in [2.45, 2.75) is 20.0 Å². The van der Waals surface area contributed by atoms with Crippen molar-refractivity contribution in [3.63, 3.8) is 0 Å². The van der Waals surface area contributed by atoms with Gasteiger partial charge in [0.1, 0.15) is 0 Å². The van der Waals surface area contributed by atoms with Gasteiger partial charge in [-0.1, -0.05) is 0 Å². The lowest BCUT2D eigenvalue weighted by Crippen LogP contribution is -1.99. The number of hydrogen-bond acceptors (Lipinski definition) is 2. The van der Waals surface area contributed by atoms with Crippen LogP contribution in [-0.4, -0.2) is 37.3 Å². The predicted octanol–water partition coefficient (Wildman–Crippen LogP) is 0.565. The van der Waals surface area contributed by atoms with Crippen LogP contribution in [0.4, 0.5) is 0 Å². The summed E-state index contributed by atoms with van der Waals surface area (Å²) in [5, 5.41) is 8.06. The van der Waals surface area contributed by atoms with Crippen molar-refractivity contribution in [2.24, 2.45) is 0 Å². The van der Waals surface area contributed by atoms with Crippen LogP contribution in [0.2, 0.25) is 0 Å². The number of nitrogens with zero attached hydrogens (tertiary/aromatic N) is 1. The maximum absolute atomic E-state index is 8.06. The van der Waals surface area contributed by atoms with Crippen LogP contribution in [0.3, 0.4) is 0 Å². The average Bonchev–Trinajstić information content (AvgIpc) is 1.25. The summed E-state index contributed by atoms with van der Waals surface area (Å²) in [5.74, 6) is 0. The Hall–Kier alpha value is -0.0800. The molecule has 0 saturated carbocycles. The van der Waals surface area contributed by atoms with Gasteiger partial charge >= 0.3 is 0 Å². The van der Waals surface area contributed by atoms with Gasteiger partial charge in [-0.2, -0.15) is 0 Å². The molecule has 0 fully saturated rings. The zero-order chi connectivity index (χ0) is 7.15. The van der Waals surface area contributed by atoms with Crippen molar-refractivity contribution >= 4 is 0 Å². The second-order valence-corrected chi connectivity index (χ2v) is 2.44. The molecule has 0 atom stereocenters. The number of aliphatic hydroxyl groups is 1. The molecule has 0 bridgehead atoms. The number of aliphatic hydroxyl groups excluding tert-OH is 1. The third-order valence-corrected chi connectivity index (χ3v) is 0. The summed E-state index contributed by atoms with van der Waals surface area (Å²) in [6, 6.07) is 0. The van der Waals surface area contributed by atoms with Gasteiger partial charge in [0.05, 0.1) is 0 Å². The molecule has 8 heavy (non-hydrogen) atoms. The molecule has 0 rings (SSSR count). The molecule has 0 aromatic carbocycles. The van der Waals surface area contributed by atoms with Gasteiger partial charge in [-0.05, 0) is 35.0 Å². The van der Waals surface area contributed by atoms with E-state index in [4.69, 9.17) is 5.11 Å². The molecule has 0 aliphatic heterocycles. The van der Waals surface area contributed by atoms with Gasteiger partial charge in [0.2, 0.25) is 0 Å². The lowest BCUT2D eigenvalue weighted by molar-refractivity contribution is 0.216. The highest BCUT2D eigenvalue weighted by atomic mass is 16.3. The Morgan fingerprint density at radius 2 is 1.12 bits per heavy atom. The molecule has 0 aliphatic rings. The van der Waals surface area contributed by atoms with Crippen LogP contribution >= 0.6 is 0 Å². The summed E-state index contributed by atoms with van der Waals surface area (Å²) in [6.07, 6.45) is -0.167. The Morgan fingerprint density at radius 1 is 1.12 bits per heavy atom. The minimum atomic E-state index is -0.167. The van der Waals surface area contributed by atoms with E-state index in [1.54, 1.807) is 13.8 Å². The fourth-order valence-corrected chi connectivity index (χ4v) is 0. The molecule has 1 N–H and O–H groups in total. The first-order valence-corrected chi connectivity index (χ1v) is 2.75. The Morgan fingerprint density at radius 3 is 1.12 bits per heavy atom. The Labute approximate surface area is 52.1 Å². The van der Waals surface area contributed by atoms with Crippen LogP contribution in [0.15, 0.2) is 0 Å². The highest BCUT2D eigenvalue weighted by molar-refractivity contribution is 4.20. The molecule has 0 saturated heterocycles. The van der Waals surface area contributed by atoms with Gasteiger partial charge in [0.15, 0.2) is 0 Å². The molecule has 0 spiro atoms. The number of rotatable bonds is 0. The topological polar surface area (TPSA) is 23.5 Å². The van der Waals surface area contributed by atoms with Gasteiger partial charge in [-0.3, -0.25) is 0 Å². The van der Waals surface area contributed by atoms with E-state index in [-0.39, 0.29) is 6.10 Å². The van der Waals surface area contributed by atoms with Gasteiger partial charge in [0, 0.05) is 6.10 Å². The fourth-order valence-electron chi connectivity index (χ4n) is 0. The van der Waals surface area contributed by atoms with Crippen LogP contribution in [0.25, 0.3) is 0 Å². The maximum atomic E-state index is 8.06. The Balaban J connectivity index is 0. The Kier molecular flexibility index (Phi) is 9.36. The molecule has 0 unspecified atom stereocenters.